The molecule has 0 aliphatic heterocycles. The quantitative estimate of drug-likeness (QED) is 0.619. The van der Waals surface area contributed by atoms with E-state index >= 15 is 0 Å². The van der Waals surface area contributed by atoms with Gasteiger partial charge in [0.15, 0.2) is 0 Å². The molecule has 0 aromatic heterocycles. The summed E-state index contributed by atoms with van der Waals surface area (Å²) in [6.45, 7) is 0.407. The number of methoxy groups -OCH3 is 1. The minimum Gasteiger partial charge on any atom is -0.494 e. The van der Waals surface area contributed by atoms with Crippen molar-refractivity contribution >= 4 is 17.3 Å². The first-order chi connectivity index (χ1) is 11.6. The summed E-state index contributed by atoms with van der Waals surface area (Å²) >= 11 is 0. The molecule has 0 atom stereocenters. The average Bonchev–Trinajstić information content (AvgIpc) is 2.60. The Morgan fingerprint density at radius 1 is 1.25 bits per heavy atom. The lowest BCUT2D eigenvalue weighted by atomic mass is 10.1. The van der Waals surface area contributed by atoms with E-state index in [1.165, 1.54) is 19.2 Å². The lowest BCUT2D eigenvalue weighted by Gasteiger charge is -2.10. The summed E-state index contributed by atoms with van der Waals surface area (Å²) in [5, 5.41) is 12.0. The second-order valence-corrected chi connectivity index (χ2v) is 4.95. The Morgan fingerprint density at radius 2 is 2.00 bits per heavy atom. The molecule has 0 unspecified atom stereocenters. The molecule has 2 aromatic carbocycles. The van der Waals surface area contributed by atoms with Gasteiger partial charge in [0, 0.05) is 12.1 Å². The first-order valence-electron chi connectivity index (χ1n) is 7.39. The molecule has 24 heavy (non-hydrogen) atoms. The number of ether oxygens (including phenoxy) is 2. The van der Waals surface area contributed by atoms with Crippen molar-refractivity contribution in [3.63, 3.8) is 0 Å². The lowest BCUT2D eigenvalue weighted by Crippen LogP contribution is -2.04. The minimum atomic E-state index is -0.562. The highest BCUT2D eigenvalue weighted by Crippen LogP contribution is 2.24. The average molecular weight is 328 g/mol. The Balaban J connectivity index is 1.92. The number of nitrogens with zero attached hydrogens (tertiary/aromatic N) is 1. The summed E-state index contributed by atoms with van der Waals surface area (Å²) in [6, 6.07) is 13.3. The maximum absolute atomic E-state index is 13.6. The Kier molecular flexibility index (Phi) is 6.15. The minimum absolute atomic E-state index is 0.0272. The maximum atomic E-state index is 13.6. The van der Waals surface area contributed by atoms with Crippen molar-refractivity contribution in [3.05, 3.63) is 53.8 Å². The van der Waals surface area contributed by atoms with Crippen LogP contribution in [-0.4, -0.2) is 19.7 Å². The fourth-order valence-electron chi connectivity index (χ4n) is 2.04. The molecule has 0 aliphatic rings. The van der Waals surface area contributed by atoms with Crippen molar-refractivity contribution in [1.29, 1.82) is 5.26 Å². The normalized spacial score (nSPS) is 9.88. The van der Waals surface area contributed by atoms with Crippen LogP contribution in [0.5, 0.6) is 5.75 Å². The SMILES string of the molecule is COC(=O)CCCOc1ccc(Nc2cccc(F)c2C#N)cc1. The van der Waals surface area contributed by atoms with Gasteiger partial charge < -0.3 is 14.8 Å². The number of carbonyl (C=O) groups excluding carboxylic acids is 1. The summed E-state index contributed by atoms with van der Waals surface area (Å²) in [6.07, 6.45) is 0.883. The molecule has 0 bridgehead atoms. The summed E-state index contributed by atoms with van der Waals surface area (Å²) in [5.41, 5.74) is 1.09. The van der Waals surface area contributed by atoms with Gasteiger partial charge in [-0.05, 0) is 42.8 Å². The number of nitriles is 1. The summed E-state index contributed by atoms with van der Waals surface area (Å²) in [5.74, 6) is -0.167. The Labute approximate surface area is 139 Å². The number of rotatable bonds is 7. The van der Waals surface area contributed by atoms with E-state index in [4.69, 9.17) is 10.00 Å². The topological polar surface area (TPSA) is 71.3 Å². The molecule has 0 heterocycles. The third-order valence-electron chi connectivity index (χ3n) is 3.28. The molecule has 0 amide bonds. The molecule has 5 nitrogen and oxygen atoms in total. The van der Waals surface area contributed by atoms with Gasteiger partial charge in [-0.1, -0.05) is 6.07 Å². The zero-order valence-corrected chi connectivity index (χ0v) is 13.2. The van der Waals surface area contributed by atoms with Gasteiger partial charge in [-0.25, -0.2) is 4.39 Å². The van der Waals surface area contributed by atoms with Crippen LogP contribution in [0.25, 0.3) is 0 Å². The van der Waals surface area contributed by atoms with Gasteiger partial charge in [0.25, 0.3) is 0 Å². The molecule has 0 saturated heterocycles. The molecule has 0 fully saturated rings. The van der Waals surface area contributed by atoms with Gasteiger partial charge in [-0.3, -0.25) is 4.79 Å². The van der Waals surface area contributed by atoms with Crippen molar-refractivity contribution in [1.82, 2.24) is 0 Å². The van der Waals surface area contributed by atoms with Crippen molar-refractivity contribution in [2.24, 2.45) is 0 Å². The highest BCUT2D eigenvalue weighted by molar-refractivity contribution is 5.69. The molecule has 0 spiro atoms. The van der Waals surface area contributed by atoms with E-state index in [9.17, 15) is 9.18 Å². The highest BCUT2D eigenvalue weighted by Gasteiger charge is 2.07. The molecule has 2 aromatic rings. The van der Waals surface area contributed by atoms with Gasteiger partial charge in [0.05, 0.1) is 19.4 Å². The number of hydrogen-bond donors (Lipinski definition) is 1. The molecular formula is C18H17FN2O3. The van der Waals surface area contributed by atoms with E-state index in [0.717, 1.165) is 0 Å². The number of hydrogen-bond acceptors (Lipinski definition) is 5. The van der Waals surface area contributed by atoms with Crippen LogP contribution in [-0.2, 0) is 9.53 Å². The van der Waals surface area contributed by atoms with E-state index in [1.807, 2.05) is 6.07 Å². The third-order valence-corrected chi connectivity index (χ3v) is 3.28. The number of nitrogens with one attached hydrogen (secondary N) is 1. The van der Waals surface area contributed by atoms with Crippen LogP contribution in [0, 0.1) is 17.1 Å². The lowest BCUT2D eigenvalue weighted by molar-refractivity contribution is -0.140. The van der Waals surface area contributed by atoms with Crippen molar-refractivity contribution in [2.75, 3.05) is 19.0 Å². The van der Waals surface area contributed by atoms with Crippen molar-refractivity contribution in [3.8, 4) is 11.8 Å². The number of benzene rings is 2. The molecular weight excluding hydrogens is 311 g/mol. The van der Waals surface area contributed by atoms with Crippen LogP contribution in [0.2, 0.25) is 0 Å². The molecule has 0 saturated carbocycles. The monoisotopic (exact) mass is 328 g/mol. The summed E-state index contributed by atoms with van der Waals surface area (Å²) < 4.78 is 23.6. The Hall–Kier alpha value is -3.07. The van der Waals surface area contributed by atoms with Crippen molar-refractivity contribution in [2.45, 2.75) is 12.8 Å². The highest BCUT2D eigenvalue weighted by atomic mass is 19.1. The van der Waals surface area contributed by atoms with E-state index in [2.05, 4.69) is 10.1 Å². The van der Waals surface area contributed by atoms with E-state index in [0.29, 0.717) is 36.6 Å². The van der Waals surface area contributed by atoms with Gasteiger partial charge >= 0.3 is 5.97 Å². The van der Waals surface area contributed by atoms with E-state index in [-0.39, 0.29) is 11.5 Å². The predicted octanol–water partition coefficient (Wildman–Crippen LogP) is 3.77. The van der Waals surface area contributed by atoms with Gasteiger partial charge in [-0.15, -0.1) is 0 Å². The third kappa shape index (κ3) is 4.71. The van der Waals surface area contributed by atoms with Crippen LogP contribution >= 0.6 is 0 Å². The summed E-state index contributed by atoms with van der Waals surface area (Å²) in [4.78, 5) is 11.0. The van der Waals surface area contributed by atoms with E-state index in [1.54, 1.807) is 30.3 Å². The fraction of sp³-hybridized carbons (Fsp3) is 0.222. The van der Waals surface area contributed by atoms with Crippen LogP contribution in [0.3, 0.4) is 0 Å². The van der Waals surface area contributed by atoms with Gasteiger partial charge in [0.2, 0.25) is 0 Å². The second kappa shape index (κ2) is 8.53. The Bertz CT molecular complexity index is 739. The molecule has 2 rings (SSSR count). The zero-order chi connectivity index (χ0) is 17.4. The molecule has 6 heteroatoms. The van der Waals surface area contributed by atoms with Crippen LogP contribution in [0.1, 0.15) is 18.4 Å². The number of anilines is 2. The summed E-state index contributed by atoms with van der Waals surface area (Å²) in [7, 11) is 1.35. The van der Waals surface area contributed by atoms with Crippen molar-refractivity contribution < 1.29 is 18.7 Å². The largest absolute Gasteiger partial charge is 0.494 e. The first-order valence-corrected chi connectivity index (χ1v) is 7.39. The molecule has 124 valence electrons. The molecule has 0 radical (unpaired) electrons. The second-order valence-electron chi connectivity index (χ2n) is 4.95. The number of halogens is 1. The maximum Gasteiger partial charge on any atom is 0.305 e. The van der Waals surface area contributed by atoms with Crippen LogP contribution in [0.4, 0.5) is 15.8 Å². The zero-order valence-electron chi connectivity index (χ0n) is 13.2. The van der Waals surface area contributed by atoms with Gasteiger partial charge in [0.1, 0.15) is 23.2 Å². The fourth-order valence-corrected chi connectivity index (χ4v) is 2.04. The van der Waals surface area contributed by atoms with E-state index < -0.39 is 5.82 Å². The number of esters is 1. The molecule has 0 aliphatic carbocycles. The van der Waals surface area contributed by atoms with Crippen LogP contribution in [0.15, 0.2) is 42.5 Å². The predicted molar refractivity (Wildman–Crippen MR) is 87.6 cm³/mol. The Morgan fingerprint density at radius 3 is 2.67 bits per heavy atom. The van der Waals surface area contributed by atoms with Gasteiger partial charge in [-0.2, -0.15) is 5.26 Å². The number of carbonyl (C=O) groups is 1. The van der Waals surface area contributed by atoms with Crippen LogP contribution < -0.4 is 10.1 Å². The first kappa shape index (κ1) is 17.3. The smallest absolute Gasteiger partial charge is 0.305 e. The standard InChI is InChI=1S/C18H17FN2O3/c1-23-18(22)6-3-11-24-14-9-7-13(8-10-14)21-17-5-2-4-16(19)15(17)12-20/h2,4-5,7-10,21H,3,6,11H2,1H3. The molecule has 1 N–H and O–H groups in total.